The first kappa shape index (κ1) is 14.2. The minimum Gasteiger partial charge on any atom is -0.385 e. The molecule has 2 aliphatic rings. The summed E-state index contributed by atoms with van der Waals surface area (Å²) in [5.74, 6) is 2.14. The van der Waals surface area contributed by atoms with E-state index >= 15 is 0 Å². The molecule has 0 heterocycles. The molecule has 21 heavy (non-hydrogen) atoms. The van der Waals surface area contributed by atoms with Crippen molar-refractivity contribution in [3.63, 3.8) is 0 Å². The average molecular weight is 294 g/mol. The standard InChI is InChI=1S/C16H17F3N2/c17-16(18,19)15-7-14(4-3-12(15)8-20)21-9-13-6-10-1-2-11(13)5-10/h3-4,7,10-11,13,21H,1-2,5-6,9H2. The van der Waals surface area contributed by atoms with Gasteiger partial charge in [-0.05, 0) is 55.2 Å². The topological polar surface area (TPSA) is 35.8 Å². The summed E-state index contributed by atoms with van der Waals surface area (Å²) < 4.78 is 38.7. The summed E-state index contributed by atoms with van der Waals surface area (Å²) in [6.07, 6.45) is 0.567. The van der Waals surface area contributed by atoms with Gasteiger partial charge in [0.1, 0.15) is 0 Å². The van der Waals surface area contributed by atoms with Crippen LogP contribution in [0.1, 0.15) is 36.8 Å². The van der Waals surface area contributed by atoms with Gasteiger partial charge in [0.05, 0.1) is 17.2 Å². The Balaban J connectivity index is 1.70. The molecule has 3 rings (SSSR count). The molecule has 0 saturated heterocycles. The lowest BCUT2D eigenvalue weighted by molar-refractivity contribution is -0.137. The Morgan fingerprint density at radius 3 is 2.62 bits per heavy atom. The summed E-state index contributed by atoms with van der Waals surface area (Å²) in [4.78, 5) is 0. The van der Waals surface area contributed by atoms with E-state index in [4.69, 9.17) is 5.26 Å². The van der Waals surface area contributed by atoms with E-state index < -0.39 is 11.7 Å². The van der Waals surface area contributed by atoms with Crippen LogP contribution in [0, 0.1) is 29.1 Å². The molecule has 112 valence electrons. The highest BCUT2D eigenvalue weighted by Gasteiger charge is 2.39. The van der Waals surface area contributed by atoms with E-state index in [-0.39, 0.29) is 5.56 Å². The Morgan fingerprint density at radius 1 is 1.24 bits per heavy atom. The largest absolute Gasteiger partial charge is 0.417 e. The Labute approximate surface area is 122 Å². The van der Waals surface area contributed by atoms with Crippen LogP contribution in [-0.4, -0.2) is 6.54 Å². The first-order valence-electron chi connectivity index (χ1n) is 7.32. The predicted octanol–water partition coefficient (Wildman–Crippen LogP) is 4.43. The molecule has 1 aromatic rings. The van der Waals surface area contributed by atoms with Crippen molar-refractivity contribution in [3.05, 3.63) is 29.3 Å². The summed E-state index contributed by atoms with van der Waals surface area (Å²) in [5.41, 5.74) is -0.736. The summed E-state index contributed by atoms with van der Waals surface area (Å²) in [5, 5.41) is 11.9. The molecule has 3 atom stereocenters. The molecular formula is C16H17F3N2. The van der Waals surface area contributed by atoms with Crippen molar-refractivity contribution in [3.8, 4) is 6.07 Å². The third kappa shape index (κ3) is 2.85. The number of halogens is 3. The van der Waals surface area contributed by atoms with E-state index in [1.165, 1.54) is 31.7 Å². The van der Waals surface area contributed by atoms with Gasteiger partial charge in [0.2, 0.25) is 0 Å². The van der Waals surface area contributed by atoms with Crippen molar-refractivity contribution < 1.29 is 13.2 Å². The molecule has 0 amide bonds. The number of hydrogen-bond donors (Lipinski definition) is 1. The maximum atomic E-state index is 12.9. The van der Waals surface area contributed by atoms with Crippen LogP contribution in [0.25, 0.3) is 0 Å². The summed E-state index contributed by atoms with van der Waals surface area (Å²) in [7, 11) is 0. The molecule has 1 aromatic carbocycles. The van der Waals surface area contributed by atoms with Crippen LogP contribution in [0.3, 0.4) is 0 Å². The van der Waals surface area contributed by atoms with Gasteiger partial charge in [-0.1, -0.05) is 6.42 Å². The van der Waals surface area contributed by atoms with Gasteiger partial charge in [-0.3, -0.25) is 0 Å². The predicted molar refractivity (Wildman–Crippen MR) is 73.6 cm³/mol. The molecule has 0 aromatic heterocycles. The van der Waals surface area contributed by atoms with E-state index in [2.05, 4.69) is 5.32 Å². The van der Waals surface area contributed by atoms with Crippen LogP contribution >= 0.6 is 0 Å². The number of benzene rings is 1. The highest BCUT2D eigenvalue weighted by molar-refractivity contribution is 5.53. The smallest absolute Gasteiger partial charge is 0.385 e. The highest BCUT2D eigenvalue weighted by atomic mass is 19.4. The number of nitrogens with zero attached hydrogens (tertiary/aromatic N) is 1. The molecule has 2 aliphatic carbocycles. The molecule has 1 N–H and O–H groups in total. The number of nitrogens with one attached hydrogen (secondary N) is 1. The maximum absolute atomic E-state index is 12.9. The normalized spacial score (nSPS) is 27.6. The zero-order valence-corrected chi connectivity index (χ0v) is 11.6. The van der Waals surface area contributed by atoms with Crippen LogP contribution in [0.5, 0.6) is 0 Å². The van der Waals surface area contributed by atoms with Crippen molar-refractivity contribution in [1.82, 2.24) is 0 Å². The number of nitriles is 1. The third-order valence-corrected chi connectivity index (χ3v) is 4.90. The Hall–Kier alpha value is -1.70. The molecule has 2 fully saturated rings. The Kier molecular flexibility index (Phi) is 3.56. The number of hydrogen-bond acceptors (Lipinski definition) is 2. The zero-order valence-electron chi connectivity index (χ0n) is 11.6. The molecule has 2 nitrogen and oxygen atoms in total. The first-order chi connectivity index (χ1) is 9.97. The van der Waals surface area contributed by atoms with E-state index in [0.29, 0.717) is 11.6 Å². The van der Waals surface area contributed by atoms with Crippen LogP contribution in [0.15, 0.2) is 18.2 Å². The second-order valence-electron chi connectivity index (χ2n) is 6.19. The fourth-order valence-corrected chi connectivity index (χ4v) is 3.86. The fourth-order valence-electron chi connectivity index (χ4n) is 3.86. The van der Waals surface area contributed by atoms with Gasteiger partial charge in [-0.25, -0.2) is 0 Å². The SMILES string of the molecule is N#Cc1ccc(NCC2CC3CCC2C3)cc1C(F)(F)F. The number of rotatable bonds is 3. The van der Waals surface area contributed by atoms with Gasteiger partial charge in [-0.15, -0.1) is 0 Å². The second-order valence-corrected chi connectivity index (χ2v) is 6.19. The van der Waals surface area contributed by atoms with E-state index in [0.717, 1.165) is 24.4 Å². The Morgan fingerprint density at radius 2 is 2.05 bits per heavy atom. The lowest BCUT2D eigenvalue weighted by atomic mass is 9.89. The average Bonchev–Trinajstić information content (AvgIpc) is 3.06. The lowest BCUT2D eigenvalue weighted by Crippen LogP contribution is -2.20. The van der Waals surface area contributed by atoms with Crippen LogP contribution < -0.4 is 5.32 Å². The van der Waals surface area contributed by atoms with Gasteiger partial charge < -0.3 is 5.32 Å². The molecule has 5 heteroatoms. The van der Waals surface area contributed by atoms with Crippen molar-refractivity contribution >= 4 is 5.69 Å². The lowest BCUT2D eigenvalue weighted by Gasteiger charge is -2.22. The molecule has 3 unspecified atom stereocenters. The van der Waals surface area contributed by atoms with E-state index in [1.54, 1.807) is 12.1 Å². The first-order valence-corrected chi connectivity index (χ1v) is 7.32. The second kappa shape index (κ2) is 5.25. The summed E-state index contributed by atoms with van der Waals surface area (Å²) in [6.45, 7) is 0.727. The third-order valence-electron chi connectivity index (χ3n) is 4.90. The van der Waals surface area contributed by atoms with Crippen molar-refractivity contribution in [2.75, 3.05) is 11.9 Å². The van der Waals surface area contributed by atoms with Crippen LogP contribution in [-0.2, 0) is 6.18 Å². The summed E-state index contributed by atoms with van der Waals surface area (Å²) in [6, 6.07) is 5.45. The fraction of sp³-hybridized carbons (Fsp3) is 0.562. The van der Waals surface area contributed by atoms with Gasteiger partial charge >= 0.3 is 6.18 Å². The summed E-state index contributed by atoms with van der Waals surface area (Å²) >= 11 is 0. The Bertz CT molecular complexity index is 574. The van der Waals surface area contributed by atoms with Crippen molar-refractivity contribution in [1.29, 1.82) is 5.26 Å². The monoisotopic (exact) mass is 294 g/mol. The van der Waals surface area contributed by atoms with Crippen LogP contribution in [0.4, 0.5) is 18.9 Å². The van der Waals surface area contributed by atoms with Gasteiger partial charge in [0, 0.05) is 12.2 Å². The van der Waals surface area contributed by atoms with E-state index in [9.17, 15) is 13.2 Å². The number of alkyl halides is 3. The molecular weight excluding hydrogens is 277 g/mol. The van der Waals surface area contributed by atoms with Crippen molar-refractivity contribution in [2.45, 2.75) is 31.9 Å². The minimum absolute atomic E-state index is 0.326. The van der Waals surface area contributed by atoms with E-state index in [1.807, 2.05) is 0 Å². The van der Waals surface area contributed by atoms with Gasteiger partial charge in [-0.2, -0.15) is 18.4 Å². The van der Waals surface area contributed by atoms with Gasteiger partial charge in [0.25, 0.3) is 0 Å². The molecule has 2 saturated carbocycles. The number of fused-ring (bicyclic) bond motifs is 2. The maximum Gasteiger partial charge on any atom is 0.417 e. The molecule has 2 bridgehead atoms. The zero-order chi connectivity index (χ0) is 15.0. The molecule has 0 spiro atoms. The molecule has 0 aliphatic heterocycles. The van der Waals surface area contributed by atoms with Gasteiger partial charge in [0.15, 0.2) is 0 Å². The number of anilines is 1. The highest BCUT2D eigenvalue weighted by Crippen LogP contribution is 2.48. The quantitative estimate of drug-likeness (QED) is 0.895. The van der Waals surface area contributed by atoms with Crippen molar-refractivity contribution in [2.24, 2.45) is 17.8 Å². The van der Waals surface area contributed by atoms with Crippen LogP contribution in [0.2, 0.25) is 0 Å². The minimum atomic E-state index is -4.49. The molecule has 0 radical (unpaired) electrons.